The van der Waals surface area contributed by atoms with Gasteiger partial charge in [-0.1, -0.05) is 18.2 Å². The van der Waals surface area contributed by atoms with Crippen molar-refractivity contribution in [3.8, 4) is 0 Å². The van der Waals surface area contributed by atoms with Crippen LogP contribution in [-0.2, 0) is 24.1 Å². The maximum Gasteiger partial charge on any atom is 0.155 e. The standard InChI is InChI=1S/C16H21NOS/c1-17-7-8-19-11-15(17)16(18)10-12-5-6-13-3-2-4-14(13)9-12/h5-6,9,15H,2-4,7-8,10-11H2,1H3. The molecule has 0 saturated carbocycles. The third kappa shape index (κ3) is 2.87. The van der Waals surface area contributed by atoms with Crippen LogP contribution in [0.25, 0.3) is 0 Å². The lowest BCUT2D eigenvalue weighted by atomic mass is 10.00. The van der Waals surface area contributed by atoms with Crippen LogP contribution in [0.3, 0.4) is 0 Å². The highest BCUT2D eigenvalue weighted by atomic mass is 32.2. The first-order valence-corrected chi connectivity index (χ1v) is 8.31. The van der Waals surface area contributed by atoms with Crippen molar-refractivity contribution in [1.29, 1.82) is 0 Å². The molecule has 0 aromatic heterocycles. The predicted octanol–water partition coefficient (Wildman–Crippen LogP) is 2.33. The highest BCUT2D eigenvalue weighted by Gasteiger charge is 2.26. The van der Waals surface area contributed by atoms with Crippen LogP contribution >= 0.6 is 11.8 Å². The number of fused-ring (bicyclic) bond motifs is 1. The minimum absolute atomic E-state index is 0.118. The molecule has 1 aliphatic carbocycles. The fourth-order valence-corrected chi connectivity index (χ4v) is 4.33. The molecular formula is C16H21NOS. The van der Waals surface area contributed by atoms with Crippen LogP contribution in [0.4, 0.5) is 0 Å². The second-order valence-electron chi connectivity index (χ2n) is 5.67. The lowest BCUT2D eigenvalue weighted by molar-refractivity contribution is -0.122. The summed E-state index contributed by atoms with van der Waals surface area (Å²) < 4.78 is 0. The zero-order valence-electron chi connectivity index (χ0n) is 11.5. The van der Waals surface area contributed by atoms with Crippen LogP contribution in [0.5, 0.6) is 0 Å². The second kappa shape index (κ2) is 5.68. The Balaban J connectivity index is 1.69. The molecular weight excluding hydrogens is 254 g/mol. The number of likely N-dealkylation sites (N-methyl/N-ethyl adjacent to an activating group) is 1. The Kier molecular flexibility index (Phi) is 3.94. The maximum absolute atomic E-state index is 12.4. The van der Waals surface area contributed by atoms with Crippen LogP contribution < -0.4 is 0 Å². The minimum atomic E-state index is 0.118. The number of ketones is 1. The Hall–Kier alpha value is -0.800. The van der Waals surface area contributed by atoms with Crippen molar-refractivity contribution >= 4 is 17.5 Å². The summed E-state index contributed by atoms with van der Waals surface area (Å²) in [5.41, 5.74) is 4.16. The van der Waals surface area contributed by atoms with Gasteiger partial charge in [-0.05, 0) is 43.0 Å². The Morgan fingerprint density at radius 3 is 3.05 bits per heavy atom. The first-order chi connectivity index (χ1) is 9.24. The number of hydrogen-bond acceptors (Lipinski definition) is 3. The molecule has 0 N–H and O–H groups in total. The van der Waals surface area contributed by atoms with Crippen molar-refractivity contribution in [2.24, 2.45) is 0 Å². The normalized spacial score (nSPS) is 23.3. The molecule has 3 heteroatoms. The van der Waals surface area contributed by atoms with Gasteiger partial charge in [-0.25, -0.2) is 0 Å². The molecule has 1 atom stereocenters. The van der Waals surface area contributed by atoms with Gasteiger partial charge in [-0.2, -0.15) is 11.8 Å². The Morgan fingerprint density at radius 1 is 1.37 bits per heavy atom. The molecule has 19 heavy (non-hydrogen) atoms. The third-order valence-electron chi connectivity index (χ3n) is 4.31. The average molecular weight is 275 g/mol. The van der Waals surface area contributed by atoms with E-state index in [1.165, 1.54) is 36.0 Å². The lowest BCUT2D eigenvalue weighted by Gasteiger charge is -2.30. The molecule has 102 valence electrons. The van der Waals surface area contributed by atoms with Crippen LogP contribution in [-0.4, -0.2) is 41.8 Å². The number of benzene rings is 1. The SMILES string of the molecule is CN1CCSCC1C(=O)Cc1ccc2c(c1)CCC2. The fourth-order valence-electron chi connectivity index (χ4n) is 3.08. The van der Waals surface area contributed by atoms with Crippen molar-refractivity contribution < 1.29 is 4.79 Å². The summed E-state index contributed by atoms with van der Waals surface area (Å²) >= 11 is 1.90. The molecule has 1 unspecified atom stereocenters. The van der Waals surface area contributed by atoms with Gasteiger partial charge >= 0.3 is 0 Å². The van der Waals surface area contributed by atoms with Gasteiger partial charge in [0.15, 0.2) is 5.78 Å². The van der Waals surface area contributed by atoms with Gasteiger partial charge in [0, 0.05) is 24.5 Å². The Labute approximate surface area is 119 Å². The molecule has 1 heterocycles. The number of rotatable bonds is 3. The van der Waals surface area contributed by atoms with E-state index in [0.717, 1.165) is 18.1 Å². The van der Waals surface area contributed by atoms with E-state index in [9.17, 15) is 4.79 Å². The average Bonchev–Trinajstić information content (AvgIpc) is 2.86. The van der Waals surface area contributed by atoms with E-state index in [1.807, 2.05) is 11.8 Å². The highest BCUT2D eigenvalue weighted by Crippen LogP contribution is 2.24. The number of Topliss-reactive ketones (excluding diaryl/α,β-unsaturated/α-hetero) is 1. The topological polar surface area (TPSA) is 20.3 Å². The summed E-state index contributed by atoms with van der Waals surface area (Å²) in [6.45, 7) is 1.03. The maximum atomic E-state index is 12.4. The van der Waals surface area contributed by atoms with Crippen molar-refractivity contribution in [3.63, 3.8) is 0 Å². The number of carbonyl (C=O) groups excluding carboxylic acids is 1. The van der Waals surface area contributed by atoms with Crippen molar-refractivity contribution in [1.82, 2.24) is 4.90 Å². The van der Waals surface area contributed by atoms with Crippen LogP contribution in [0, 0.1) is 0 Å². The Bertz CT molecular complexity index is 486. The van der Waals surface area contributed by atoms with Gasteiger partial charge in [-0.15, -0.1) is 0 Å². The van der Waals surface area contributed by atoms with Gasteiger partial charge in [-0.3, -0.25) is 9.69 Å². The number of thioether (sulfide) groups is 1. The molecule has 0 radical (unpaired) electrons. The lowest BCUT2D eigenvalue weighted by Crippen LogP contribution is -2.45. The second-order valence-corrected chi connectivity index (χ2v) is 6.82. The van der Waals surface area contributed by atoms with Gasteiger partial charge < -0.3 is 0 Å². The van der Waals surface area contributed by atoms with Gasteiger partial charge in [0.05, 0.1) is 6.04 Å². The van der Waals surface area contributed by atoms with Crippen LogP contribution in [0.1, 0.15) is 23.1 Å². The first-order valence-electron chi connectivity index (χ1n) is 7.15. The monoisotopic (exact) mass is 275 g/mol. The quantitative estimate of drug-likeness (QED) is 0.844. The molecule has 1 saturated heterocycles. The van der Waals surface area contributed by atoms with Crippen LogP contribution in [0.15, 0.2) is 18.2 Å². The van der Waals surface area contributed by atoms with Crippen molar-refractivity contribution in [2.45, 2.75) is 31.7 Å². The largest absolute Gasteiger partial charge is 0.298 e. The first kappa shape index (κ1) is 13.2. The summed E-state index contributed by atoms with van der Waals surface area (Å²) in [7, 11) is 2.07. The minimum Gasteiger partial charge on any atom is -0.298 e. The number of carbonyl (C=O) groups is 1. The van der Waals surface area contributed by atoms with E-state index in [0.29, 0.717) is 12.2 Å². The molecule has 0 spiro atoms. The van der Waals surface area contributed by atoms with E-state index in [-0.39, 0.29) is 6.04 Å². The van der Waals surface area contributed by atoms with Gasteiger partial charge in [0.25, 0.3) is 0 Å². The molecule has 1 fully saturated rings. The zero-order valence-corrected chi connectivity index (χ0v) is 12.3. The summed E-state index contributed by atoms with van der Waals surface area (Å²) in [6.07, 6.45) is 4.28. The summed E-state index contributed by atoms with van der Waals surface area (Å²) in [5, 5.41) is 0. The van der Waals surface area contributed by atoms with E-state index >= 15 is 0 Å². The van der Waals surface area contributed by atoms with E-state index < -0.39 is 0 Å². The molecule has 0 amide bonds. The highest BCUT2D eigenvalue weighted by molar-refractivity contribution is 7.99. The molecule has 1 aromatic rings. The summed E-state index contributed by atoms with van der Waals surface area (Å²) in [6, 6.07) is 6.76. The zero-order chi connectivity index (χ0) is 13.2. The molecule has 0 bridgehead atoms. The predicted molar refractivity (Wildman–Crippen MR) is 80.9 cm³/mol. The summed E-state index contributed by atoms with van der Waals surface area (Å²) in [4.78, 5) is 14.6. The number of nitrogens with zero attached hydrogens (tertiary/aromatic N) is 1. The fraction of sp³-hybridized carbons (Fsp3) is 0.562. The molecule has 1 aromatic carbocycles. The van der Waals surface area contributed by atoms with E-state index in [4.69, 9.17) is 0 Å². The molecule has 2 nitrogen and oxygen atoms in total. The van der Waals surface area contributed by atoms with E-state index in [1.54, 1.807) is 0 Å². The van der Waals surface area contributed by atoms with Crippen molar-refractivity contribution in [2.75, 3.05) is 25.1 Å². The smallest absolute Gasteiger partial charge is 0.155 e. The molecule has 3 rings (SSSR count). The van der Waals surface area contributed by atoms with E-state index in [2.05, 4.69) is 30.1 Å². The summed E-state index contributed by atoms with van der Waals surface area (Å²) in [5.74, 6) is 2.49. The number of hydrogen-bond donors (Lipinski definition) is 0. The molecule has 1 aliphatic heterocycles. The Morgan fingerprint density at radius 2 is 2.21 bits per heavy atom. The molecule has 2 aliphatic rings. The van der Waals surface area contributed by atoms with Gasteiger partial charge in [0.2, 0.25) is 0 Å². The number of aryl methyl sites for hydroxylation is 2. The van der Waals surface area contributed by atoms with Crippen LogP contribution in [0.2, 0.25) is 0 Å². The van der Waals surface area contributed by atoms with Gasteiger partial charge in [0.1, 0.15) is 0 Å². The third-order valence-corrected chi connectivity index (χ3v) is 5.33. The van der Waals surface area contributed by atoms with Crippen molar-refractivity contribution in [3.05, 3.63) is 34.9 Å².